The van der Waals surface area contributed by atoms with E-state index in [9.17, 15) is 0 Å². The smallest absolute Gasteiger partial charge is 0.123 e. The highest BCUT2D eigenvalue weighted by molar-refractivity contribution is 9.09. The number of nitrogens with two attached hydrogens (primary N) is 1. The standard InChI is InChI=1S/C13H15BrN2OS.BrH/c14-6-1-7-17-11-4-2-10(3-5-11)13-16-9-12(8-15)18-13;/h2-5,9H,1,6-8,15H2;1H. The largest absolute Gasteiger partial charge is 0.494 e. The van der Waals surface area contributed by atoms with Crippen molar-refractivity contribution in [3.05, 3.63) is 35.3 Å². The molecule has 104 valence electrons. The van der Waals surface area contributed by atoms with Gasteiger partial charge in [0, 0.05) is 28.5 Å². The van der Waals surface area contributed by atoms with Gasteiger partial charge >= 0.3 is 0 Å². The quantitative estimate of drug-likeness (QED) is 0.581. The number of benzene rings is 1. The van der Waals surface area contributed by atoms with Gasteiger partial charge in [-0.2, -0.15) is 0 Å². The van der Waals surface area contributed by atoms with Crippen LogP contribution in [0.4, 0.5) is 0 Å². The van der Waals surface area contributed by atoms with Crippen LogP contribution in [0.25, 0.3) is 10.6 Å². The van der Waals surface area contributed by atoms with Gasteiger partial charge in [0.25, 0.3) is 0 Å². The highest BCUT2D eigenvalue weighted by atomic mass is 79.9. The Labute approximate surface area is 136 Å². The van der Waals surface area contributed by atoms with E-state index in [0.29, 0.717) is 6.54 Å². The second kappa shape index (κ2) is 8.68. The minimum absolute atomic E-state index is 0. The van der Waals surface area contributed by atoms with E-state index in [1.165, 1.54) is 0 Å². The molecule has 0 fully saturated rings. The van der Waals surface area contributed by atoms with Crippen LogP contribution in [-0.2, 0) is 6.54 Å². The Morgan fingerprint density at radius 2 is 2.00 bits per heavy atom. The molecule has 0 amide bonds. The van der Waals surface area contributed by atoms with Gasteiger partial charge in [-0.25, -0.2) is 4.98 Å². The summed E-state index contributed by atoms with van der Waals surface area (Å²) in [6.45, 7) is 1.28. The van der Waals surface area contributed by atoms with Crippen LogP contribution >= 0.6 is 44.2 Å². The van der Waals surface area contributed by atoms with Gasteiger partial charge in [0.1, 0.15) is 10.8 Å². The second-order valence-electron chi connectivity index (χ2n) is 3.75. The minimum Gasteiger partial charge on any atom is -0.494 e. The Hall–Kier alpha value is -0.430. The summed E-state index contributed by atoms with van der Waals surface area (Å²) in [6.07, 6.45) is 2.84. The molecule has 6 heteroatoms. The van der Waals surface area contributed by atoms with E-state index in [2.05, 4.69) is 20.9 Å². The summed E-state index contributed by atoms with van der Waals surface area (Å²) in [6, 6.07) is 8.02. The monoisotopic (exact) mass is 406 g/mol. The van der Waals surface area contributed by atoms with E-state index < -0.39 is 0 Å². The molecule has 2 aromatic rings. The first-order chi connectivity index (χ1) is 8.83. The third-order valence-electron chi connectivity index (χ3n) is 2.40. The van der Waals surface area contributed by atoms with Crippen molar-refractivity contribution < 1.29 is 4.74 Å². The molecule has 2 N–H and O–H groups in total. The summed E-state index contributed by atoms with van der Waals surface area (Å²) in [5.41, 5.74) is 6.68. The van der Waals surface area contributed by atoms with Crippen LogP contribution in [0.5, 0.6) is 5.75 Å². The van der Waals surface area contributed by atoms with E-state index in [1.807, 2.05) is 30.5 Å². The molecule has 0 aliphatic carbocycles. The molecule has 2 rings (SSSR count). The lowest BCUT2D eigenvalue weighted by molar-refractivity contribution is 0.319. The molecule has 1 aromatic heterocycles. The van der Waals surface area contributed by atoms with Gasteiger partial charge in [-0.15, -0.1) is 28.3 Å². The van der Waals surface area contributed by atoms with Crippen LogP contribution in [0, 0.1) is 0 Å². The van der Waals surface area contributed by atoms with E-state index >= 15 is 0 Å². The van der Waals surface area contributed by atoms with Crippen molar-refractivity contribution in [2.24, 2.45) is 5.73 Å². The summed E-state index contributed by atoms with van der Waals surface area (Å²) in [7, 11) is 0. The number of hydrogen-bond donors (Lipinski definition) is 1. The number of rotatable bonds is 6. The fraction of sp³-hybridized carbons (Fsp3) is 0.308. The maximum Gasteiger partial charge on any atom is 0.123 e. The number of nitrogens with zero attached hydrogens (tertiary/aromatic N) is 1. The summed E-state index contributed by atoms with van der Waals surface area (Å²) in [5, 5.41) is 1.97. The van der Waals surface area contributed by atoms with Crippen LogP contribution in [0.1, 0.15) is 11.3 Å². The predicted octanol–water partition coefficient (Wildman–Crippen LogP) is 4.01. The molecular formula is C13H16Br2N2OS. The number of aromatic nitrogens is 1. The third kappa shape index (κ3) is 4.87. The Balaban J connectivity index is 0.00000180. The highest BCUT2D eigenvalue weighted by Gasteiger charge is 2.04. The SMILES string of the molecule is Br.NCc1cnc(-c2ccc(OCCCBr)cc2)s1. The fourth-order valence-electron chi connectivity index (χ4n) is 1.47. The molecule has 1 aromatic carbocycles. The first-order valence-electron chi connectivity index (χ1n) is 5.77. The molecule has 0 unspecified atom stereocenters. The molecule has 0 saturated heterocycles. The fourth-order valence-corrected chi connectivity index (χ4v) is 2.50. The molecule has 0 bridgehead atoms. The molecule has 3 nitrogen and oxygen atoms in total. The second-order valence-corrected chi connectivity index (χ2v) is 5.66. The molecule has 0 aliphatic heterocycles. The van der Waals surface area contributed by atoms with E-state index in [0.717, 1.165) is 39.6 Å². The molecule has 1 heterocycles. The summed E-state index contributed by atoms with van der Waals surface area (Å²) < 4.78 is 5.60. The summed E-state index contributed by atoms with van der Waals surface area (Å²) in [5.74, 6) is 0.898. The van der Waals surface area contributed by atoms with Crippen LogP contribution in [0.15, 0.2) is 30.5 Å². The minimum atomic E-state index is 0. The lowest BCUT2D eigenvalue weighted by atomic mass is 10.2. The average Bonchev–Trinajstić information content (AvgIpc) is 2.89. The van der Waals surface area contributed by atoms with Gasteiger partial charge in [0.15, 0.2) is 0 Å². The van der Waals surface area contributed by atoms with Gasteiger partial charge in [0.05, 0.1) is 6.61 Å². The van der Waals surface area contributed by atoms with Crippen LogP contribution in [0.3, 0.4) is 0 Å². The highest BCUT2D eigenvalue weighted by Crippen LogP contribution is 2.26. The first-order valence-corrected chi connectivity index (χ1v) is 7.71. The lowest BCUT2D eigenvalue weighted by Gasteiger charge is -2.05. The molecular weight excluding hydrogens is 392 g/mol. The first kappa shape index (κ1) is 16.6. The van der Waals surface area contributed by atoms with Crippen LogP contribution in [0.2, 0.25) is 0 Å². The van der Waals surface area contributed by atoms with Crippen molar-refractivity contribution in [2.45, 2.75) is 13.0 Å². The third-order valence-corrected chi connectivity index (χ3v) is 4.03. The van der Waals surface area contributed by atoms with Crippen molar-refractivity contribution in [2.75, 3.05) is 11.9 Å². The van der Waals surface area contributed by atoms with Crippen molar-refractivity contribution in [1.82, 2.24) is 4.98 Å². The topological polar surface area (TPSA) is 48.1 Å². The maximum absolute atomic E-state index is 5.60. The Kier molecular flexibility index (Phi) is 7.60. The number of hydrogen-bond acceptors (Lipinski definition) is 4. The van der Waals surface area contributed by atoms with Gasteiger partial charge in [-0.3, -0.25) is 0 Å². The van der Waals surface area contributed by atoms with Crippen molar-refractivity contribution in [1.29, 1.82) is 0 Å². The van der Waals surface area contributed by atoms with Crippen molar-refractivity contribution in [3.8, 4) is 16.3 Å². The number of halogens is 2. The number of alkyl halides is 1. The molecule has 0 aliphatic rings. The number of ether oxygens (including phenoxy) is 1. The van der Waals surface area contributed by atoms with Gasteiger partial charge < -0.3 is 10.5 Å². The zero-order chi connectivity index (χ0) is 12.8. The Morgan fingerprint density at radius 1 is 1.26 bits per heavy atom. The van der Waals surface area contributed by atoms with Gasteiger partial charge in [-0.1, -0.05) is 15.9 Å². The van der Waals surface area contributed by atoms with Crippen molar-refractivity contribution in [3.63, 3.8) is 0 Å². The van der Waals surface area contributed by atoms with Crippen LogP contribution < -0.4 is 10.5 Å². The zero-order valence-electron chi connectivity index (χ0n) is 10.3. The lowest BCUT2D eigenvalue weighted by Crippen LogP contribution is -1.97. The van der Waals surface area contributed by atoms with E-state index in [4.69, 9.17) is 10.5 Å². The summed E-state index contributed by atoms with van der Waals surface area (Å²) in [4.78, 5) is 5.45. The Morgan fingerprint density at radius 3 is 2.58 bits per heavy atom. The van der Waals surface area contributed by atoms with E-state index in [-0.39, 0.29) is 17.0 Å². The van der Waals surface area contributed by atoms with Gasteiger partial charge in [-0.05, 0) is 30.7 Å². The molecule has 0 spiro atoms. The normalized spacial score (nSPS) is 10.0. The zero-order valence-corrected chi connectivity index (χ0v) is 14.5. The van der Waals surface area contributed by atoms with Crippen molar-refractivity contribution >= 4 is 44.2 Å². The molecule has 0 radical (unpaired) electrons. The molecule has 19 heavy (non-hydrogen) atoms. The predicted molar refractivity (Wildman–Crippen MR) is 89.7 cm³/mol. The van der Waals surface area contributed by atoms with Gasteiger partial charge in [0.2, 0.25) is 0 Å². The Bertz CT molecular complexity index is 488. The van der Waals surface area contributed by atoms with Crippen LogP contribution in [-0.4, -0.2) is 16.9 Å². The number of thiazole rings is 1. The molecule has 0 atom stereocenters. The maximum atomic E-state index is 5.60. The summed E-state index contributed by atoms with van der Waals surface area (Å²) >= 11 is 5.01. The average molecular weight is 408 g/mol. The molecule has 0 saturated carbocycles. The van der Waals surface area contributed by atoms with E-state index in [1.54, 1.807) is 11.3 Å².